The Balaban J connectivity index is 2.12. The highest BCUT2D eigenvalue weighted by Crippen LogP contribution is 2.22. The van der Waals surface area contributed by atoms with E-state index in [4.69, 9.17) is 11.6 Å². The molecule has 1 aromatic heterocycles. The van der Waals surface area contributed by atoms with Crippen LogP contribution in [0.5, 0.6) is 0 Å². The molecular weight excluding hydrogens is 314 g/mol. The van der Waals surface area contributed by atoms with Crippen molar-refractivity contribution in [1.29, 1.82) is 0 Å². The molecule has 2 aromatic carbocycles. The molecule has 0 aliphatic heterocycles. The molecule has 1 heterocycles. The molecule has 0 aliphatic carbocycles. The van der Waals surface area contributed by atoms with Crippen molar-refractivity contribution in [2.75, 3.05) is 5.32 Å². The van der Waals surface area contributed by atoms with Gasteiger partial charge in [-0.15, -0.1) is 0 Å². The standard InChI is InChI=1S/C17H14ClN3O2/c1-2-21-17(23)12-8-4-3-7-11(12)15(20-21)16(22)19-14-10-6-5-9-13(14)18/h3-10H,2H2,1H3,(H,19,22). The highest BCUT2D eigenvalue weighted by Gasteiger charge is 2.17. The second kappa shape index (κ2) is 6.22. The molecule has 0 spiro atoms. The van der Waals surface area contributed by atoms with Gasteiger partial charge >= 0.3 is 0 Å². The Bertz CT molecular complexity index is 950. The van der Waals surface area contributed by atoms with Crippen LogP contribution in [-0.2, 0) is 6.54 Å². The van der Waals surface area contributed by atoms with Gasteiger partial charge < -0.3 is 5.32 Å². The zero-order valence-corrected chi connectivity index (χ0v) is 13.2. The minimum atomic E-state index is -0.406. The molecule has 0 fully saturated rings. The maximum Gasteiger partial charge on any atom is 0.276 e. The van der Waals surface area contributed by atoms with E-state index in [2.05, 4.69) is 10.4 Å². The van der Waals surface area contributed by atoms with Crippen LogP contribution in [0.25, 0.3) is 10.8 Å². The lowest BCUT2D eigenvalue weighted by atomic mass is 10.1. The van der Waals surface area contributed by atoms with Crippen LogP contribution >= 0.6 is 11.6 Å². The molecule has 0 atom stereocenters. The monoisotopic (exact) mass is 327 g/mol. The van der Waals surface area contributed by atoms with E-state index in [1.54, 1.807) is 55.5 Å². The summed E-state index contributed by atoms with van der Waals surface area (Å²) in [6, 6.07) is 13.9. The molecule has 5 nitrogen and oxygen atoms in total. The summed E-state index contributed by atoms with van der Waals surface area (Å²) in [5, 5.41) is 8.36. The SMILES string of the molecule is CCn1nc(C(=O)Nc2ccccc2Cl)c2ccccc2c1=O. The number of hydrogen-bond donors (Lipinski definition) is 1. The Morgan fingerprint density at radius 3 is 2.48 bits per heavy atom. The number of benzene rings is 2. The predicted molar refractivity (Wildman–Crippen MR) is 91.1 cm³/mol. The van der Waals surface area contributed by atoms with E-state index in [9.17, 15) is 9.59 Å². The third-order valence-corrected chi connectivity index (χ3v) is 3.83. The van der Waals surface area contributed by atoms with Gasteiger partial charge in [0.2, 0.25) is 0 Å². The molecule has 116 valence electrons. The molecule has 0 bridgehead atoms. The summed E-state index contributed by atoms with van der Waals surface area (Å²) in [4.78, 5) is 24.9. The van der Waals surface area contributed by atoms with Gasteiger partial charge in [0.15, 0.2) is 5.69 Å². The molecular formula is C17H14ClN3O2. The van der Waals surface area contributed by atoms with Gasteiger partial charge in [-0.1, -0.05) is 41.9 Å². The molecule has 0 radical (unpaired) electrons. The van der Waals surface area contributed by atoms with Crippen molar-refractivity contribution in [2.24, 2.45) is 0 Å². The number of para-hydroxylation sites is 1. The van der Waals surface area contributed by atoms with Crippen molar-refractivity contribution in [1.82, 2.24) is 9.78 Å². The van der Waals surface area contributed by atoms with Crippen LogP contribution in [0.2, 0.25) is 5.02 Å². The highest BCUT2D eigenvalue weighted by molar-refractivity contribution is 6.34. The number of amides is 1. The van der Waals surface area contributed by atoms with E-state index >= 15 is 0 Å². The quantitative estimate of drug-likeness (QED) is 0.802. The second-order valence-corrected chi connectivity index (χ2v) is 5.36. The first-order valence-corrected chi connectivity index (χ1v) is 7.55. The number of aryl methyl sites for hydroxylation is 1. The lowest BCUT2D eigenvalue weighted by molar-refractivity contribution is 0.102. The zero-order valence-electron chi connectivity index (χ0n) is 12.4. The van der Waals surface area contributed by atoms with Crippen LogP contribution in [0.3, 0.4) is 0 Å². The van der Waals surface area contributed by atoms with E-state index < -0.39 is 5.91 Å². The number of aromatic nitrogens is 2. The third kappa shape index (κ3) is 2.83. The Morgan fingerprint density at radius 2 is 1.78 bits per heavy atom. The number of carbonyl (C=O) groups is 1. The number of nitrogens with zero attached hydrogens (tertiary/aromatic N) is 2. The van der Waals surface area contributed by atoms with Gasteiger partial charge in [-0.25, -0.2) is 4.68 Å². The number of anilines is 1. The summed E-state index contributed by atoms with van der Waals surface area (Å²) in [5.41, 5.74) is 0.485. The van der Waals surface area contributed by atoms with Gasteiger partial charge in [-0.3, -0.25) is 9.59 Å². The third-order valence-electron chi connectivity index (χ3n) is 3.50. The number of fused-ring (bicyclic) bond motifs is 1. The Morgan fingerprint density at radius 1 is 1.13 bits per heavy atom. The summed E-state index contributed by atoms with van der Waals surface area (Å²) in [7, 11) is 0. The summed E-state index contributed by atoms with van der Waals surface area (Å²) in [5.74, 6) is -0.406. The zero-order chi connectivity index (χ0) is 16.4. The highest BCUT2D eigenvalue weighted by atomic mass is 35.5. The first kappa shape index (κ1) is 15.2. The van der Waals surface area contributed by atoms with Crippen molar-refractivity contribution in [3.05, 3.63) is 69.6 Å². The Hall–Kier alpha value is -2.66. The molecule has 0 saturated carbocycles. The summed E-state index contributed by atoms with van der Waals surface area (Å²) < 4.78 is 1.28. The topological polar surface area (TPSA) is 64.0 Å². The number of hydrogen-bond acceptors (Lipinski definition) is 3. The van der Waals surface area contributed by atoms with Crippen molar-refractivity contribution in [3.8, 4) is 0 Å². The average Bonchev–Trinajstić information content (AvgIpc) is 2.57. The maximum atomic E-state index is 12.6. The van der Waals surface area contributed by atoms with Crippen molar-refractivity contribution in [2.45, 2.75) is 13.5 Å². The molecule has 0 unspecified atom stereocenters. The van der Waals surface area contributed by atoms with Gasteiger partial charge in [0.1, 0.15) is 0 Å². The lowest BCUT2D eigenvalue weighted by Gasteiger charge is -2.10. The van der Waals surface area contributed by atoms with Gasteiger partial charge in [0.25, 0.3) is 11.5 Å². The van der Waals surface area contributed by atoms with Crippen molar-refractivity contribution < 1.29 is 4.79 Å². The largest absolute Gasteiger partial charge is 0.319 e. The Labute approximate surface area is 137 Å². The van der Waals surface area contributed by atoms with E-state index in [-0.39, 0.29) is 11.3 Å². The molecule has 0 aliphatic rings. The van der Waals surface area contributed by atoms with Crippen molar-refractivity contribution in [3.63, 3.8) is 0 Å². The smallest absolute Gasteiger partial charge is 0.276 e. The number of carbonyl (C=O) groups excluding carboxylic acids is 1. The molecule has 0 saturated heterocycles. The van der Waals surface area contributed by atoms with E-state index in [0.29, 0.717) is 28.0 Å². The Kier molecular flexibility index (Phi) is 4.12. The lowest BCUT2D eigenvalue weighted by Crippen LogP contribution is -2.27. The van der Waals surface area contributed by atoms with Crippen LogP contribution in [0, 0.1) is 0 Å². The minimum Gasteiger partial charge on any atom is -0.319 e. The van der Waals surface area contributed by atoms with Gasteiger partial charge in [0, 0.05) is 11.9 Å². The number of halogens is 1. The predicted octanol–water partition coefficient (Wildman–Crippen LogP) is 3.32. The fourth-order valence-corrected chi connectivity index (χ4v) is 2.54. The summed E-state index contributed by atoms with van der Waals surface area (Å²) in [6.45, 7) is 2.19. The van der Waals surface area contributed by atoms with Gasteiger partial charge in [0.05, 0.1) is 16.1 Å². The first-order chi connectivity index (χ1) is 11.1. The van der Waals surface area contributed by atoms with E-state index in [1.165, 1.54) is 4.68 Å². The summed E-state index contributed by atoms with van der Waals surface area (Å²) >= 11 is 6.07. The van der Waals surface area contributed by atoms with Crippen molar-refractivity contribution >= 4 is 34.0 Å². The second-order valence-electron chi connectivity index (χ2n) is 4.95. The fourth-order valence-electron chi connectivity index (χ4n) is 2.36. The molecule has 1 N–H and O–H groups in total. The van der Waals surface area contributed by atoms with Crippen LogP contribution in [0.1, 0.15) is 17.4 Å². The van der Waals surface area contributed by atoms with E-state index in [0.717, 1.165) is 0 Å². The molecule has 1 amide bonds. The van der Waals surface area contributed by atoms with Gasteiger partial charge in [-0.2, -0.15) is 5.10 Å². The first-order valence-electron chi connectivity index (χ1n) is 7.17. The van der Waals surface area contributed by atoms with Crippen LogP contribution in [0.15, 0.2) is 53.3 Å². The normalized spacial score (nSPS) is 10.7. The maximum absolute atomic E-state index is 12.6. The fraction of sp³-hybridized carbons (Fsp3) is 0.118. The molecule has 3 rings (SSSR count). The summed E-state index contributed by atoms with van der Waals surface area (Å²) in [6.07, 6.45) is 0. The van der Waals surface area contributed by atoms with E-state index in [1.807, 2.05) is 0 Å². The van der Waals surface area contributed by atoms with Crippen LogP contribution < -0.4 is 10.9 Å². The number of nitrogens with one attached hydrogen (secondary N) is 1. The van der Waals surface area contributed by atoms with Crippen LogP contribution in [0.4, 0.5) is 5.69 Å². The molecule has 3 aromatic rings. The minimum absolute atomic E-state index is 0.196. The molecule has 23 heavy (non-hydrogen) atoms. The average molecular weight is 328 g/mol. The van der Waals surface area contributed by atoms with Gasteiger partial charge in [-0.05, 0) is 25.1 Å². The molecule has 6 heteroatoms. The van der Waals surface area contributed by atoms with Crippen LogP contribution in [-0.4, -0.2) is 15.7 Å². The number of rotatable bonds is 3.